The highest BCUT2D eigenvalue weighted by Gasteiger charge is 2.06. The van der Waals surface area contributed by atoms with Crippen molar-refractivity contribution in [1.82, 2.24) is 0 Å². The van der Waals surface area contributed by atoms with Crippen LogP contribution in [0.4, 0.5) is 5.69 Å². The number of carbonyl (C=O) groups is 1. The fourth-order valence-electron chi connectivity index (χ4n) is 2.45. The lowest BCUT2D eigenvalue weighted by Gasteiger charge is -2.09. The van der Waals surface area contributed by atoms with Crippen molar-refractivity contribution in [3.63, 3.8) is 0 Å². The molecular weight excluding hydrogens is 317 g/mol. The van der Waals surface area contributed by atoms with Crippen LogP contribution in [-0.4, -0.2) is 23.1 Å². The van der Waals surface area contributed by atoms with Gasteiger partial charge in [0.25, 0.3) is 0 Å². The molecule has 0 aliphatic carbocycles. The number of amides is 1. The van der Waals surface area contributed by atoms with E-state index < -0.39 is 7.12 Å². The Balaban J connectivity index is 1.72. The second-order valence-corrected chi connectivity index (χ2v) is 5.92. The molecule has 0 atom stereocenters. The van der Waals surface area contributed by atoms with Crippen LogP contribution in [0.15, 0.2) is 54.6 Å². The predicted octanol–water partition coefficient (Wildman–Crippen LogP) is 3.84. The van der Waals surface area contributed by atoms with Gasteiger partial charge in [0.1, 0.15) is 11.5 Å². The molecule has 0 saturated carbocycles. The molecule has 132 valence electrons. The molecule has 25 heavy (non-hydrogen) atoms. The number of carbonyl (C=O) groups excluding carboxylic acids is 1. The zero-order valence-electron chi connectivity index (χ0n) is 14.2. The fraction of sp³-hybridized carbons (Fsp3) is 0.316. The van der Waals surface area contributed by atoms with Crippen LogP contribution >= 0.6 is 0 Å². The summed E-state index contributed by atoms with van der Waals surface area (Å²) in [5, 5.41) is 20.4. The first kappa shape index (κ1) is 19.0. The molecule has 5 nitrogen and oxygen atoms in total. The number of hydrogen-bond donors (Lipinski definition) is 3. The van der Waals surface area contributed by atoms with E-state index in [1.54, 1.807) is 6.07 Å². The number of anilines is 1. The molecule has 0 aromatic heterocycles. The van der Waals surface area contributed by atoms with Crippen molar-refractivity contribution in [2.24, 2.45) is 0 Å². The van der Waals surface area contributed by atoms with E-state index in [0.717, 1.165) is 31.4 Å². The van der Waals surface area contributed by atoms with E-state index in [4.69, 9.17) is 14.8 Å². The Morgan fingerprint density at radius 3 is 2.40 bits per heavy atom. The largest absolute Gasteiger partial charge is 0.457 e. The minimum Gasteiger partial charge on any atom is -0.457 e. The molecule has 0 fully saturated rings. The van der Waals surface area contributed by atoms with Gasteiger partial charge in [-0.2, -0.15) is 0 Å². The van der Waals surface area contributed by atoms with Gasteiger partial charge in [-0.05, 0) is 37.0 Å². The van der Waals surface area contributed by atoms with Gasteiger partial charge in [-0.3, -0.25) is 4.79 Å². The van der Waals surface area contributed by atoms with Gasteiger partial charge < -0.3 is 20.1 Å². The van der Waals surface area contributed by atoms with Crippen molar-refractivity contribution < 1.29 is 19.6 Å². The lowest BCUT2D eigenvalue weighted by Crippen LogP contribution is -2.11. The minimum atomic E-state index is -1.23. The molecule has 2 rings (SSSR count). The molecule has 0 radical (unpaired) electrons. The van der Waals surface area contributed by atoms with Gasteiger partial charge in [-0.25, -0.2) is 0 Å². The van der Waals surface area contributed by atoms with E-state index in [0.29, 0.717) is 24.2 Å². The van der Waals surface area contributed by atoms with Gasteiger partial charge in [0.05, 0.1) is 0 Å². The van der Waals surface area contributed by atoms with Gasteiger partial charge in [-0.15, -0.1) is 0 Å². The molecular formula is C19H24BNO4. The lowest BCUT2D eigenvalue weighted by atomic mass is 9.83. The third kappa shape index (κ3) is 7.87. The van der Waals surface area contributed by atoms with E-state index in [2.05, 4.69) is 5.32 Å². The number of rotatable bonds is 10. The average Bonchev–Trinajstić information content (AvgIpc) is 2.59. The highest BCUT2D eigenvalue weighted by Crippen LogP contribution is 2.24. The number of unbranched alkanes of at least 4 members (excludes halogenated alkanes) is 3. The molecule has 2 aromatic carbocycles. The molecule has 0 aliphatic heterocycles. The third-order valence-electron chi connectivity index (χ3n) is 3.71. The van der Waals surface area contributed by atoms with Crippen molar-refractivity contribution in [1.29, 1.82) is 0 Å². The van der Waals surface area contributed by atoms with Gasteiger partial charge in [0.2, 0.25) is 5.91 Å². The van der Waals surface area contributed by atoms with Crippen molar-refractivity contribution >= 4 is 18.7 Å². The van der Waals surface area contributed by atoms with Crippen LogP contribution in [0.1, 0.15) is 32.1 Å². The SMILES string of the molecule is O=C(CCCCCCB(O)O)Nc1cccc(Oc2ccccc2)c1. The predicted molar refractivity (Wildman–Crippen MR) is 99.7 cm³/mol. The van der Waals surface area contributed by atoms with Gasteiger partial charge in [0.15, 0.2) is 0 Å². The summed E-state index contributed by atoms with van der Waals surface area (Å²) in [7, 11) is -1.23. The fourth-order valence-corrected chi connectivity index (χ4v) is 2.45. The summed E-state index contributed by atoms with van der Waals surface area (Å²) in [6.45, 7) is 0. The summed E-state index contributed by atoms with van der Waals surface area (Å²) in [6, 6.07) is 16.8. The highest BCUT2D eigenvalue weighted by atomic mass is 16.5. The van der Waals surface area contributed by atoms with E-state index in [1.807, 2.05) is 48.5 Å². The van der Waals surface area contributed by atoms with Crippen LogP contribution in [0, 0.1) is 0 Å². The van der Waals surface area contributed by atoms with Crippen LogP contribution < -0.4 is 10.1 Å². The van der Waals surface area contributed by atoms with Crippen LogP contribution in [-0.2, 0) is 4.79 Å². The van der Waals surface area contributed by atoms with Crippen molar-refractivity contribution in [2.75, 3.05) is 5.32 Å². The monoisotopic (exact) mass is 341 g/mol. The summed E-state index contributed by atoms with van der Waals surface area (Å²) >= 11 is 0. The van der Waals surface area contributed by atoms with Crippen LogP contribution in [0.3, 0.4) is 0 Å². The van der Waals surface area contributed by atoms with Gasteiger partial charge in [0, 0.05) is 18.2 Å². The Morgan fingerprint density at radius 2 is 1.64 bits per heavy atom. The molecule has 0 aliphatic rings. The van der Waals surface area contributed by atoms with E-state index in [-0.39, 0.29) is 5.91 Å². The molecule has 0 unspecified atom stereocenters. The number of nitrogens with one attached hydrogen (secondary N) is 1. The Kier molecular flexibility index (Phi) is 8.02. The summed E-state index contributed by atoms with van der Waals surface area (Å²) in [5.74, 6) is 1.39. The molecule has 0 bridgehead atoms. The summed E-state index contributed by atoms with van der Waals surface area (Å²) in [4.78, 5) is 12.0. The molecule has 6 heteroatoms. The number of benzene rings is 2. The first-order chi connectivity index (χ1) is 12.1. The molecule has 1 amide bonds. The number of para-hydroxylation sites is 1. The molecule has 3 N–H and O–H groups in total. The van der Waals surface area contributed by atoms with E-state index in [9.17, 15) is 4.79 Å². The van der Waals surface area contributed by atoms with Crippen LogP contribution in [0.2, 0.25) is 6.32 Å². The summed E-state index contributed by atoms with van der Waals surface area (Å²) in [5.41, 5.74) is 0.710. The normalized spacial score (nSPS) is 10.3. The smallest absolute Gasteiger partial charge is 0.451 e. The average molecular weight is 341 g/mol. The lowest BCUT2D eigenvalue weighted by molar-refractivity contribution is -0.116. The highest BCUT2D eigenvalue weighted by molar-refractivity contribution is 6.40. The van der Waals surface area contributed by atoms with Crippen LogP contribution in [0.5, 0.6) is 11.5 Å². The van der Waals surface area contributed by atoms with E-state index >= 15 is 0 Å². The number of ether oxygens (including phenoxy) is 1. The Bertz CT molecular complexity index is 649. The zero-order valence-corrected chi connectivity index (χ0v) is 14.2. The number of hydrogen-bond acceptors (Lipinski definition) is 4. The molecule has 0 spiro atoms. The van der Waals surface area contributed by atoms with Crippen LogP contribution in [0.25, 0.3) is 0 Å². The standard InChI is InChI=1S/C19H24BNO4/c22-19(13-6-1-2-7-14-20(23)24)21-16-9-8-12-18(15-16)25-17-10-4-3-5-11-17/h3-5,8-12,15,23-24H,1-2,6-7,13-14H2,(H,21,22). The minimum absolute atomic E-state index is 0.0287. The summed E-state index contributed by atoms with van der Waals surface area (Å²) < 4.78 is 5.75. The Hall–Kier alpha value is -2.31. The quantitative estimate of drug-likeness (QED) is 0.453. The molecule has 0 heterocycles. The van der Waals surface area contributed by atoms with Crippen molar-refractivity contribution in [3.8, 4) is 11.5 Å². The van der Waals surface area contributed by atoms with Crippen molar-refractivity contribution in [2.45, 2.75) is 38.4 Å². The molecule has 0 saturated heterocycles. The maximum atomic E-state index is 12.0. The summed E-state index contributed by atoms with van der Waals surface area (Å²) in [6.07, 6.45) is 4.18. The first-order valence-electron chi connectivity index (χ1n) is 8.62. The maximum absolute atomic E-state index is 12.0. The third-order valence-corrected chi connectivity index (χ3v) is 3.71. The second kappa shape index (κ2) is 10.5. The maximum Gasteiger partial charge on any atom is 0.451 e. The zero-order chi connectivity index (χ0) is 17.9. The van der Waals surface area contributed by atoms with E-state index in [1.165, 1.54) is 0 Å². The van der Waals surface area contributed by atoms with Gasteiger partial charge >= 0.3 is 7.12 Å². The first-order valence-corrected chi connectivity index (χ1v) is 8.62. The topological polar surface area (TPSA) is 78.8 Å². The Labute approximate surface area is 148 Å². The Morgan fingerprint density at radius 1 is 0.920 bits per heavy atom. The molecule has 2 aromatic rings. The van der Waals surface area contributed by atoms with Crippen molar-refractivity contribution in [3.05, 3.63) is 54.6 Å². The second-order valence-electron chi connectivity index (χ2n) is 5.92. The van der Waals surface area contributed by atoms with Gasteiger partial charge in [-0.1, -0.05) is 43.5 Å².